The van der Waals surface area contributed by atoms with Gasteiger partial charge in [0.2, 0.25) is 5.91 Å². The van der Waals surface area contributed by atoms with Gasteiger partial charge in [0.15, 0.2) is 0 Å². The summed E-state index contributed by atoms with van der Waals surface area (Å²) in [5.74, 6) is 0.394. The number of hydrogen-bond acceptors (Lipinski definition) is 2. The first-order chi connectivity index (χ1) is 9.27. The zero-order chi connectivity index (χ0) is 13.1. The van der Waals surface area contributed by atoms with E-state index in [1.54, 1.807) is 0 Å². The van der Waals surface area contributed by atoms with Crippen LogP contribution in [-0.2, 0) is 4.79 Å². The van der Waals surface area contributed by atoms with E-state index < -0.39 is 0 Å². The van der Waals surface area contributed by atoms with Crippen molar-refractivity contribution in [1.29, 1.82) is 0 Å². The second-order valence-corrected chi connectivity index (χ2v) is 6.94. The van der Waals surface area contributed by atoms with Crippen molar-refractivity contribution in [3.63, 3.8) is 0 Å². The lowest BCUT2D eigenvalue weighted by atomic mass is 9.68. The van der Waals surface area contributed by atoms with E-state index in [0.717, 1.165) is 26.1 Å². The van der Waals surface area contributed by atoms with Gasteiger partial charge < -0.3 is 10.2 Å². The van der Waals surface area contributed by atoms with Gasteiger partial charge in [-0.1, -0.05) is 19.3 Å². The maximum absolute atomic E-state index is 12.3. The molecule has 2 heterocycles. The second kappa shape index (κ2) is 5.82. The Balaban J connectivity index is 1.47. The van der Waals surface area contributed by atoms with E-state index in [1.165, 1.54) is 57.8 Å². The quantitative estimate of drug-likeness (QED) is 0.831. The molecule has 108 valence electrons. The fourth-order valence-corrected chi connectivity index (χ4v) is 4.30. The highest BCUT2D eigenvalue weighted by atomic mass is 16.2. The largest absolute Gasteiger partial charge is 0.343 e. The average Bonchev–Trinajstić information content (AvgIpc) is 2.93. The fraction of sp³-hybridized carbons (Fsp3) is 0.938. The number of nitrogens with zero attached hydrogens (tertiary/aromatic N) is 1. The maximum Gasteiger partial charge on any atom is 0.224 e. The topological polar surface area (TPSA) is 32.3 Å². The standard InChI is InChI=1S/C16H28N2O/c19-15(13-14-5-4-10-17-14)18-11-8-16(9-12-18)6-2-1-3-7-16/h14,17H,1-13H2. The third-order valence-corrected chi connectivity index (χ3v) is 5.67. The van der Waals surface area contributed by atoms with Crippen LogP contribution in [0.3, 0.4) is 0 Å². The third kappa shape index (κ3) is 3.13. The highest BCUT2D eigenvalue weighted by Crippen LogP contribution is 2.44. The van der Waals surface area contributed by atoms with Crippen LogP contribution < -0.4 is 5.32 Å². The Bertz CT molecular complexity index is 307. The van der Waals surface area contributed by atoms with E-state index in [4.69, 9.17) is 0 Å². The predicted octanol–water partition coefficient (Wildman–Crippen LogP) is 2.70. The number of likely N-dealkylation sites (tertiary alicyclic amines) is 1. The van der Waals surface area contributed by atoms with E-state index in [9.17, 15) is 4.79 Å². The van der Waals surface area contributed by atoms with E-state index in [1.807, 2.05) is 0 Å². The molecule has 3 heteroatoms. The van der Waals surface area contributed by atoms with Crippen molar-refractivity contribution in [2.75, 3.05) is 19.6 Å². The zero-order valence-electron chi connectivity index (χ0n) is 12.1. The van der Waals surface area contributed by atoms with Crippen molar-refractivity contribution >= 4 is 5.91 Å². The summed E-state index contributed by atoms with van der Waals surface area (Å²) in [4.78, 5) is 14.4. The summed E-state index contributed by atoms with van der Waals surface area (Å²) in [6.45, 7) is 3.14. The molecule has 0 aromatic carbocycles. The van der Waals surface area contributed by atoms with Gasteiger partial charge in [0.25, 0.3) is 0 Å². The summed E-state index contributed by atoms with van der Waals surface area (Å²) in [6.07, 6.45) is 12.8. The van der Waals surface area contributed by atoms with Crippen LogP contribution in [0.5, 0.6) is 0 Å². The lowest BCUT2D eigenvalue weighted by Crippen LogP contribution is -2.45. The van der Waals surface area contributed by atoms with Crippen LogP contribution in [0.25, 0.3) is 0 Å². The van der Waals surface area contributed by atoms with Crippen LogP contribution in [0.1, 0.15) is 64.2 Å². The zero-order valence-corrected chi connectivity index (χ0v) is 12.1. The normalized spacial score (nSPS) is 30.7. The Morgan fingerprint density at radius 2 is 1.79 bits per heavy atom. The molecule has 2 aliphatic heterocycles. The summed E-state index contributed by atoms with van der Waals surface area (Å²) >= 11 is 0. The number of carbonyl (C=O) groups excluding carboxylic acids is 1. The average molecular weight is 264 g/mol. The van der Waals surface area contributed by atoms with Crippen molar-refractivity contribution < 1.29 is 4.79 Å². The maximum atomic E-state index is 12.3. The molecule has 1 N–H and O–H groups in total. The van der Waals surface area contributed by atoms with Gasteiger partial charge >= 0.3 is 0 Å². The molecule has 0 aromatic rings. The Kier molecular flexibility index (Phi) is 4.11. The number of rotatable bonds is 2. The monoisotopic (exact) mass is 264 g/mol. The van der Waals surface area contributed by atoms with E-state index in [0.29, 0.717) is 17.4 Å². The molecule has 1 saturated carbocycles. The van der Waals surface area contributed by atoms with Gasteiger partial charge in [-0.15, -0.1) is 0 Å². The summed E-state index contributed by atoms with van der Waals surface area (Å²) in [6, 6.07) is 0.457. The van der Waals surface area contributed by atoms with E-state index in [2.05, 4.69) is 10.2 Å². The molecule has 0 aromatic heterocycles. The molecule has 1 spiro atoms. The van der Waals surface area contributed by atoms with Crippen LogP contribution in [0.4, 0.5) is 0 Å². The first-order valence-corrected chi connectivity index (χ1v) is 8.29. The molecule has 19 heavy (non-hydrogen) atoms. The predicted molar refractivity (Wildman–Crippen MR) is 77.0 cm³/mol. The van der Waals surface area contributed by atoms with Gasteiger partial charge in [-0.25, -0.2) is 0 Å². The van der Waals surface area contributed by atoms with Gasteiger partial charge in [-0.3, -0.25) is 4.79 Å². The molecule has 1 unspecified atom stereocenters. The number of carbonyl (C=O) groups is 1. The Morgan fingerprint density at radius 1 is 1.05 bits per heavy atom. The lowest BCUT2D eigenvalue weighted by molar-refractivity contribution is -0.134. The molecule has 0 bridgehead atoms. The van der Waals surface area contributed by atoms with E-state index in [-0.39, 0.29) is 0 Å². The minimum atomic E-state index is 0.394. The smallest absolute Gasteiger partial charge is 0.224 e. The molecule has 2 saturated heterocycles. The van der Waals surface area contributed by atoms with Crippen LogP contribution >= 0.6 is 0 Å². The third-order valence-electron chi connectivity index (χ3n) is 5.67. The minimum absolute atomic E-state index is 0.394. The number of piperidine rings is 1. The minimum Gasteiger partial charge on any atom is -0.343 e. The SMILES string of the molecule is O=C(CC1CCCN1)N1CCC2(CCCCC2)CC1. The molecule has 3 aliphatic rings. The van der Waals surface area contributed by atoms with Crippen molar-refractivity contribution in [1.82, 2.24) is 10.2 Å². The van der Waals surface area contributed by atoms with Crippen LogP contribution in [0.15, 0.2) is 0 Å². The highest BCUT2D eigenvalue weighted by molar-refractivity contribution is 5.77. The number of nitrogens with one attached hydrogen (secondary N) is 1. The number of amides is 1. The second-order valence-electron chi connectivity index (χ2n) is 6.94. The first-order valence-electron chi connectivity index (χ1n) is 8.29. The molecular formula is C16H28N2O. The Labute approximate surface area is 117 Å². The van der Waals surface area contributed by atoms with E-state index >= 15 is 0 Å². The van der Waals surface area contributed by atoms with Gasteiger partial charge in [0, 0.05) is 25.6 Å². The molecule has 1 amide bonds. The Hall–Kier alpha value is -0.570. The molecule has 0 radical (unpaired) electrons. The highest BCUT2D eigenvalue weighted by Gasteiger charge is 2.36. The molecule has 1 atom stereocenters. The lowest BCUT2D eigenvalue weighted by Gasteiger charge is -2.44. The first kappa shape index (κ1) is 13.4. The van der Waals surface area contributed by atoms with Gasteiger partial charge in [-0.2, -0.15) is 0 Å². The number of hydrogen-bond donors (Lipinski definition) is 1. The van der Waals surface area contributed by atoms with Crippen molar-refractivity contribution in [2.45, 2.75) is 70.3 Å². The van der Waals surface area contributed by atoms with Gasteiger partial charge in [-0.05, 0) is 50.5 Å². The summed E-state index contributed by atoms with van der Waals surface area (Å²) in [5, 5.41) is 3.44. The van der Waals surface area contributed by atoms with Crippen molar-refractivity contribution in [3.8, 4) is 0 Å². The van der Waals surface area contributed by atoms with Crippen LogP contribution in [-0.4, -0.2) is 36.5 Å². The molecule has 1 aliphatic carbocycles. The fourth-order valence-electron chi connectivity index (χ4n) is 4.30. The molecule has 3 nitrogen and oxygen atoms in total. The Morgan fingerprint density at radius 3 is 2.42 bits per heavy atom. The van der Waals surface area contributed by atoms with Gasteiger partial charge in [0.05, 0.1) is 0 Å². The molecule has 3 rings (SSSR count). The van der Waals surface area contributed by atoms with Crippen LogP contribution in [0, 0.1) is 5.41 Å². The summed E-state index contributed by atoms with van der Waals surface area (Å²) in [7, 11) is 0. The summed E-state index contributed by atoms with van der Waals surface area (Å²) in [5.41, 5.74) is 0.612. The summed E-state index contributed by atoms with van der Waals surface area (Å²) < 4.78 is 0. The van der Waals surface area contributed by atoms with Crippen molar-refractivity contribution in [2.24, 2.45) is 5.41 Å². The molecular weight excluding hydrogens is 236 g/mol. The molecule has 3 fully saturated rings. The van der Waals surface area contributed by atoms with Gasteiger partial charge in [0.1, 0.15) is 0 Å². The van der Waals surface area contributed by atoms with Crippen LogP contribution in [0.2, 0.25) is 0 Å². The van der Waals surface area contributed by atoms with Crippen molar-refractivity contribution in [3.05, 3.63) is 0 Å².